The van der Waals surface area contributed by atoms with Crippen LogP contribution in [0.15, 0.2) is 12.2 Å². The van der Waals surface area contributed by atoms with Crippen LogP contribution in [0.3, 0.4) is 0 Å². The minimum Gasteiger partial charge on any atom is -0.463 e. The molecule has 0 radical (unpaired) electrons. The minimum atomic E-state index is -0.988. The van der Waals surface area contributed by atoms with Gasteiger partial charge in [0.1, 0.15) is 6.61 Å². The largest absolute Gasteiger partial charge is 0.463 e. The van der Waals surface area contributed by atoms with Crippen molar-refractivity contribution in [1.29, 1.82) is 0 Å². The Kier molecular flexibility index (Phi) is 1.76. The van der Waals surface area contributed by atoms with Crippen molar-refractivity contribution < 1.29 is 14.6 Å². The van der Waals surface area contributed by atoms with E-state index in [2.05, 4.69) is 11.3 Å². The zero-order valence-electron chi connectivity index (χ0n) is 5.83. The molecule has 1 aliphatic rings. The van der Waals surface area contributed by atoms with Crippen molar-refractivity contribution in [2.75, 3.05) is 6.61 Å². The van der Waals surface area contributed by atoms with E-state index in [9.17, 15) is 4.79 Å². The summed E-state index contributed by atoms with van der Waals surface area (Å²) in [6, 6.07) is 0. The van der Waals surface area contributed by atoms with E-state index in [1.165, 1.54) is 0 Å². The van der Waals surface area contributed by atoms with Crippen LogP contribution in [0.1, 0.15) is 6.92 Å². The number of carbonyl (C=O) groups is 1. The fourth-order valence-electron chi connectivity index (χ4n) is 0.924. The average Bonchev–Trinajstić information content (AvgIpc) is 2.14. The van der Waals surface area contributed by atoms with Crippen LogP contribution in [0.25, 0.3) is 0 Å². The van der Waals surface area contributed by atoms with Crippen molar-refractivity contribution >= 4 is 5.97 Å². The molecule has 0 aromatic rings. The summed E-state index contributed by atoms with van der Waals surface area (Å²) in [6.45, 7) is 5.68. The lowest BCUT2D eigenvalue weighted by molar-refractivity contribution is -0.144. The number of cyclic esters (lactones) is 1. The first-order valence-electron chi connectivity index (χ1n) is 3.13. The molecule has 0 saturated carbocycles. The van der Waals surface area contributed by atoms with Gasteiger partial charge in [-0.25, -0.2) is 4.79 Å². The Hall–Kier alpha value is -0.830. The second kappa shape index (κ2) is 2.42. The maximum Gasteiger partial charge on any atom is 0.335 e. The third-order valence-electron chi connectivity index (χ3n) is 1.66. The SMILES string of the molecule is C=C(C)C1COC(=O)C1O. The molecule has 3 nitrogen and oxygen atoms in total. The lowest BCUT2D eigenvalue weighted by atomic mass is 9.99. The third kappa shape index (κ3) is 1.04. The van der Waals surface area contributed by atoms with Crippen molar-refractivity contribution in [1.82, 2.24) is 0 Å². The van der Waals surface area contributed by atoms with Gasteiger partial charge >= 0.3 is 5.97 Å². The van der Waals surface area contributed by atoms with Gasteiger partial charge in [0.15, 0.2) is 6.10 Å². The molecule has 3 heteroatoms. The lowest BCUT2D eigenvalue weighted by Gasteiger charge is -2.07. The predicted molar refractivity (Wildman–Crippen MR) is 35.3 cm³/mol. The van der Waals surface area contributed by atoms with Gasteiger partial charge in [-0.3, -0.25) is 0 Å². The monoisotopic (exact) mass is 142 g/mol. The molecule has 0 aromatic heterocycles. The average molecular weight is 142 g/mol. The Balaban J connectivity index is 2.66. The van der Waals surface area contributed by atoms with Crippen molar-refractivity contribution in [2.45, 2.75) is 13.0 Å². The highest BCUT2D eigenvalue weighted by atomic mass is 16.6. The zero-order chi connectivity index (χ0) is 7.72. The van der Waals surface area contributed by atoms with E-state index in [0.29, 0.717) is 0 Å². The Labute approximate surface area is 59.3 Å². The van der Waals surface area contributed by atoms with Gasteiger partial charge in [0.05, 0.1) is 5.92 Å². The summed E-state index contributed by atoms with van der Waals surface area (Å²) in [4.78, 5) is 10.6. The molecule has 1 heterocycles. The molecule has 2 unspecified atom stereocenters. The van der Waals surface area contributed by atoms with Crippen LogP contribution >= 0.6 is 0 Å². The molecule has 56 valence electrons. The predicted octanol–water partition coefficient (Wildman–Crippen LogP) is 0.0964. The normalized spacial score (nSPS) is 32.0. The first kappa shape index (κ1) is 7.28. The number of ether oxygens (including phenoxy) is 1. The zero-order valence-corrected chi connectivity index (χ0v) is 5.83. The number of aliphatic hydroxyl groups excluding tert-OH is 1. The molecule has 1 saturated heterocycles. The fraction of sp³-hybridized carbons (Fsp3) is 0.571. The topological polar surface area (TPSA) is 46.5 Å². The molecule has 1 aliphatic heterocycles. The number of hydrogen-bond donors (Lipinski definition) is 1. The van der Waals surface area contributed by atoms with Gasteiger partial charge in [-0.15, -0.1) is 0 Å². The van der Waals surface area contributed by atoms with Crippen LogP contribution in [0, 0.1) is 5.92 Å². The Bertz CT molecular complexity index is 174. The highest BCUT2D eigenvalue weighted by molar-refractivity contribution is 5.77. The smallest absolute Gasteiger partial charge is 0.335 e. The van der Waals surface area contributed by atoms with E-state index in [-0.39, 0.29) is 12.5 Å². The molecule has 0 spiro atoms. The second-order valence-electron chi connectivity index (χ2n) is 2.53. The van der Waals surface area contributed by atoms with Gasteiger partial charge in [0.25, 0.3) is 0 Å². The second-order valence-corrected chi connectivity index (χ2v) is 2.53. The first-order chi connectivity index (χ1) is 4.63. The number of esters is 1. The number of aliphatic hydroxyl groups is 1. The molecule has 1 N–H and O–H groups in total. The Morgan fingerprint density at radius 2 is 2.50 bits per heavy atom. The summed E-state index contributed by atoms with van der Waals surface area (Å²) in [5.74, 6) is -0.736. The van der Waals surface area contributed by atoms with Crippen LogP contribution in [0.4, 0.5) is 0 Å². The molecular formula is C7H10O3. The minimum absolute atomic E-state index is 0.201. The number of carbonyl (C=O) groups excluding carboxylic acids is 1. The molecular weight excluding hydrogens is 132 g/mol. The van der Waals surface area contributed by atoms with E-state index in [1.54, 1.807) is 6.92 Å². The van der Waals surface area contributed by atoms with Gasteiger partial charge in [-0.1, -0.05) is 12.2 Å². The Morgan fingerprint density at radius 1 is 1.90 bits per heavy atom. The molecule has 0 aliphatic carbocycles. The highest BCUT2D eigenvalue weighted by Gasteiger charge is 2.35. The molecule has 0 aromatic carbocycles. The molecule has 2 atom stereocenters. The van der Waals surface area contributed by atoms with Gasteiger partial charge < -0.3 is 9.84 Å². The van der Waals surface area contributed by atoms with Crippen molar-refractivity contribution in [3.05, 3.63) is 12.2 Å². The maximum absolute atomic E-state index is 10.6. The van der Waals surface area contributed by atoms with Gasteiger partial charge in [-0.05, 0) is 6.92 Å². The van der Waals surface area contributed by atoms with Crippen LogP contribution in [-0.4, -0.2) is 23.8 Å². The maximum atomic E-state index is 10.6. The summed E-state index contributed by atoms with van der Waals surface area (Å²) in [5, 5.41) is 9.09. The lowest BCUT2D eigenvalue weighted by Crippen LogP contribution is -2.22. The molecule has 1 rings (SSSR count). The van der Waals surface area contributed by atoms with Crippen LogP contribution in [0.2, 0.25) is 0 Å². The Morgan fingerprint density at radius 3 is 2.70 bits per heavy atom. The number of hydrogen-bond acceptors (Lipinski definition) is 3. The third-order valence-corrected chi connectivity index (χ3v) is 1.66. The first-order valence-corrected chi connectivity index (χ1v) is 3.13. The van der Waals surface area contributed by atoms with E-state index in [0.717, 1.165) is 5.57 Å². The fourth-order valence-corrected chi connectivity index (χ4v) is 0.924. The van der Waals surface area contributed by atoms with E-state index < -0.39 is 12.1 Å². The van der Waals surface area contributed by atoms with Crippen molar-refractivity contribution in [2.24, 2.45) is 5.92 Å². The highest BCUT2D eigenvalue weighted by Crippen LogP contribution is 2.20. The molecule has 0 bridgehead atoms. The number of rotatable bonds is 1. The van der Waals surface area contributed by atoms with Gasteiger partial charge in [0, 0.05) is 0 Å². The van der Waals surface area contributed by atoms with Crippen LogP contribution < -0.4 is 0 Å². The van der Waals surface area contributed by atoms with Gasteiger partial charge in [-0.2, -0.15) is 0 Å². The molecule has 1 fully saturated rings. The van der Waals surface area contributed by atoms with Gasteiger partial charge in [0.2, 0.25) is 0 Å². The van der Waals surface area contributed by atoms with Crippen molar-refractivity contribution in [3.63, 3.8) is 0 Å². The van der Waals surface area contributed by atoms with E-state index in [4.69, 9.17) is 5.11 Å². The van der Waals surface area contributed by atoms with Crippen LogP contribution in [0.5, 0.6) is 0 Å². The molecule has 10 heavy (non-hydrogen) atoms. The van der Waals surface area contributed by atoms with E-state index >= 15 is 0 Å². The summed E-state index contributed by atoms with van der Waals surface area (Å²) in [5.41, 5.74) is 0.790. The molecule has 0 amide bonds. The van der Waals surface area contributed by atoms with Crippen LogP contribution in [-0.2, 0) is 9.53 Å². The summed E-state index contributed by atoms with van der Waals surface area (Å²) >= 11 is 0. The summed E-state index contributed by atoms with van der Waals surface area (Å²) in [6.07, 6.45) is -0.988. The summed E-state index contributed by atoms with van der Waals surface area (Å²) in [7, 11) is 0. The quantitative estimate of drug-likeness (QED) is 0.417. The van der Waals surface area contributed by atoms with Crippen molar-refractivity contribution in [3.8, 4) is 0 Å². The standard InChI is InChI=1S/C7H10O3/c1-4(2)5-3-10-7(9)6(5)8/h5-6,8H,1,3H2,2H3. The van der Waals surface area contributed by atoms with E-state index in [1.807, 2.05) is 0 Å². The summed E-state index contributed by atoms with van der Waals surface area (Å²) < 4.78 is 4.59.